The van der Waals surface area contributed by atoms with Crippen LogP contribution in [0.1, 0.15) is 45.1 Å². The van der Waals surface area contributed by atoms with Crippen molar-refractivity contribution in [2.45, 2.75) is 56.2 Å². The Morgan fingerprint density at radius 1 is 0.925 bits per heavy atom. The van der Waals surface area contributed by atoms with E-state index >= 15 is 0 Å². The summed E-state index contributed by atoms with van der Waals surface area (Å²) in [6, 6.07) is 15.4. The Morgan fingerprint density at radius 3 is 2.23 bits per heavy atom. The zero-order valence-electron chi connectivity index (χ0n) is 29.8. The molecule has 0 saturated carbocycles. The number of para-hydroxylation sites is 1. The Labute approximate surface area is 320 Å². The van der Waals surface area contributed by atoms with Gasteiger partial charge in [-0.25, -0.2) is 0 Å². The number of hydrogen-bond donors (Lipinski definition) is 2. The molecule has 2 N–H and O–H groups in total. The minimum Gasteiger partial charge on any atom is -0.465 e. The van der Waals surface area contributed by atoms with E-state index in [1.807, 2.05) is 78.6 Å². The van der Waals surface area contributed by atoms with E-state index in [0.29, 0.717) is 22.7 Å². The highest BCUT2D eigenvalue weighted by Crippen LogP contribution is 2.47. The lowest BCUT2D eigenvalue weighted by molar-refractivity contribution is -0.172. The zero-order chi connectivity index (χ0) is 38.6. The Bertz CT molecular complexity index is 2020. The molecule has 12 nitrogen and oxygen atoms in total. The Hall–Kier alpha value is -3.67. The molecule has 53 heavy (non-hydrogen) atoms. The van der Waals surface area contributed by atoms with Crippen LogP contribution in [0.5, 0.6) is 0 Å². The monoisotopic (exact) mass is 804 g/mol. The van der Waals surface area contributed by atoms with Crippen LogP contribution < -0.4 is 4.90 Å². The molecular weight excluding hydrogens is 761 g/mol. The number of rotatable bonds is 16. The number of esters is 2. The predicted octanol–water partition coefficient (Wildman–Crippen LogP) is 6.81. The number of nitrogens with zero attached hydrogens (tertiary/aromatic N) is 2. The van der Waals surface area contributed by atoms with Gasteiger partial charge in [-0.1, -0.05) is 72.1 Å². The van der Waals surface area contributed by atoms with Crippen LogP contribution in [0.15, 0.2) is 110 Å². The van der Waals surface area contributed by atoms with Gasteiger partial charge in [0.15, 0.2) is 5.41 Å². The molecular formula is C37H44N2O10S4. The topological polar surface area (TPSA) is 177 Å². The number of anilines is 1. The van der Waals surface area contributed by atoms with Gasteiger partial charge >= 0.3 is 11.9 Å². The van der Waals surface area contributed by atoms with Crippen LogP contribution in [0.4, 0.5) is 5.69 Å². The number of aliphatic imine (C=N–C) groups is 1. The summed E-state index contributed by atoms with van der Waals surface area (Å²) in [5.41, 5.74) is 1.47. The fourth-order valence-electron chi connectivity index (χ4n) is 5.73. The van der Waals surface area contributed by atoms with E-state index in [1.165, 1.54) is 23.5 Å². The van der Waals surface area contributed by atoms with Gasteiger partial charge in [-0.05, 0) is 93.5 Å². The summed E-state index contributed by atoms with van der Waals surface area (Å²) in [6.07, 6.45) is 9.35. The van der Waals surface area contributed by atoms with Gasteiger partial charge in [0, 0.05) is 22.9 Å². The molecule has 4 rings (SSSR count). The normalized spacial score (nSPS) is 17.6. The molecule has 2 aliphatic rings. The quantitative estimate of drug-likeness (QED) is 0.0345. The van der Waals surface area contributed by atoms with Gasteiger partial charge in [0.1, 0.15) is 0 Å². The van der Waals surface area contributed by atoms with Crippen molar-refractivity contribution in [2.24, 2.45) is 10.4 Å². The second-order valence-corrected chi connectivity index (χ2v) is 17.5. The molecule has 0 saturated heterocycles. The van der Waals surface area contributed by atoms with Crippen LogP contribution in [0, 0.1) is 12.3 Å². The first-order chi connectivity index (χ1) is 25.1. The molecule has 2 aromatic carbocycles. The van der Waals surface area contributed by atoms with Crippen molar-refractivity contribution in [3.05, 3.63) is 101 Å². The maximum absolute atomic E-state index is 13.7. The van der Waals surface area contributed by atoms with Crippen molar-refractivity contribution >= 4 is 66.4 Å². The summed E-state index contributed by atoms with van der Waals surface area (Å²) >= 11 is 2.86. The van der Waals surface area contributed by atoms with Crippen LogP contribution in [-0.2, 0) is 39.3 Å². The van der Waals surface area contributed by atoms with Crippen LogP contribution in [-0.4, -0.2) is 80.7 Å². The van der Waals surface area contributed by atoms with Crippen molar-refractivity contribution in [3.8, 4) is 0 Å². The van der Waals surface area contributed by atoms with Crippen LogP contribution >= 0.6 is 23.5 Å². The molecule has 0 atom stereocenters. The summed E-state index contributed by atoms with van der Waals surface area (Å²) in [7, 11) is -8.28. The summed E-state index contributed by atoms with van der Waals surface area (Å²) in [5.74, 6) is -2.24. The largest absolute Gasteiger partial charge is 0.465 e. The van der Waals surface area contributed by atoms with Crippen molar-refractivity contribution < 1.29 is 45.0 Å². The highest BCUT2D eigenvalue weighted by atomic mass is 32.2. The molecule has 286 valence electrons. The van der Waals surface area contributed by atoms with E-state index in [1.54, 1.807) is 26.0 Å². The second-order valence-electron chi connectivity index (χ2n) is 12.3. The van der Waals surface area contributed by atoms with Gasteiger partial charge in [-0.2, -0.15) is 16.8 Å². The Kier molecular flexibility index (Phi) is 15.1. The smallest absolute Gasteiger partial charge is 0.324 e. The molecule has 1 heterocycles. The van der Waals surface area contributed by atoms with E-state index in [2.05, 4.69) is 4.99 Å². The number of benzene rings is 2. The van der Waals surface area contributed by atoms with Gasteiger partial charge in [0.25, 0.3) is 20.2 Å². The first-order valence-electron chi connectivity index (χ1n) is 17.0. The van der Waals surface area contributed by atoms with E-state index in [0.717, 1.165) is 26.1 Å². The molecule has 0 bridgehead atoms. The number of thioether (sulfide) groups is 2. The molecule has 0 unspecified atom stereocenters. The van der Waals surface area contributed by atoms with E-state index in [9.17, 15) is 35.5 Å². The summed E-state index contributed by atoms with van der Waals surface area (Å²) < 4.78 is 74.9. The van der Waals surface area contributed by atoms with Crippen molar-refractivity contribution in [1.82, 2.24) is 0 Å². The summed E-state index contributed by atoms with van der Waals surface area (Å²) in [5, 5.41) is 1.34. The van der Waals surface area contributed by atoms with Crippen LogP contribution in [0.25, 0.3) is 0 Å². The standard InChI is InChI=1S/C37H44N2O10S4/c1-4-48-35(40)37(36(41)49-5-2)25-28(16-18-33(38-20-10-22-52(42,43)44)50-31-14-8-6-12-27(31)3)24-29(26-37)17-19-34-39(21-11-23-53(45,46)47)30-13-7-9-15-32(30)51-34/h6-9,12-19,24H,4-5,10-11,20-23,25-26H2,1-3H3,(H,42,43,44)(H,45,46,47)/b18-16+,29-17-,34-19-,38-33+. The molecule has 1 aliphatic carbocycles. The van der Waals surface area contributed by atoms with Crippen molar-refractivity contribution in [3.63, 3.8) is 0 Å². The molecule has 0 amide bonds. The third-order valence-electron chi connectivity index (χ3n) is 8.15. The second kappa shape index (κ2) is 19.1. The molecule has 16 heteroatoms. The fourth-order valence-corrected chi connectivity index (χ4v) is 8.70. The number of allylic oxidation sites excluding steroid dienone is 6. The van der Waals surface area contributed by atoms with Crippen molar-refractivity contribution in [2.75, 3.05) is 42.7 Å². The summed E-state index contributed by atoms with van der Waals surface area (Å²) in [4.78, 5) is 35.8. The average Bonchev–Trinajstić information content (AvgIpc) is 3.45. The lowest BCUT2D eigenvalue weighted by Crippen LogP contribution is -2.44. The molecule has 0 radical (unpaired) electrons. The highest BCUT2D eigenvalue weighted by Gasteiger charge is 2.51. The van der Waals surface area contributed by atoms with E-state index in [-0.39, 0.29) is 45.4 Å². The fraction of sp³-hybridized carbons (Fsp3) is 0.378. The molecule has 1 aliphatic heterocycles. The minimum atomic E-state index is -4.14. The Morgan fingerprint density at radius 2 is 1.57 bits per heavy atom. The molecule has 0 aromatic heterocycles. The van der Waals surface area contributed by atoms with E-state index < -0.39 is 49.1 Å². The maximum Gasteiger partial charge on any atom is 0.324 e. The van der Waals surface area contributed by atoms with Crippen LogP contribution in [0.2, 0.25) is 0 Å². The highest BCUT2D eigenvalue weighted by molar-refractivity contribution is 8.14. The van der Waals surface area contributed by atoms with Gasteiger partial charge in [0.2, 0.25) is 0 Å². The third-order valence-corrected chi connectivity index (χ3v) is 12.0. The minimum absolute atomic E-state index is 0.000692. The predicted molar refractivity (Wildman–Crippen MR) is 209 cm³/mol. The van der Waals surface area contributed by atoms with Gasteiger partial charge in [0.05, 0.1) is 40.5 Å². The first-order valence-corrected chi connectivity index (χ1v) is 21.9. The number of hydrogen-bond acceptors (Lipinski definition) is 12. The van der Waals surface area contributed by atoms with Crippen LogP contribution in [0.3, 0.4) is 0 Å². The number of carbonyl (C=O) groups is 2. The lowest BCUT2D eigenvalue weighted by Gasteiger charge is -2.33. The first kappa shape index (κ1) is 42.1. The average molecular weight is 805 g/mol. The SMILES string of the molecule is CCOC(=O)C1(C(=O)OCC)CC(/C=C/C(=N\CCCS(=O)(=O)O)Sc2ccccc2C)=CC(=C/C=C2\Sc3ccccc3N2CCCS(=O)(=O)O)/C1. The van der Waals surface area contributed by atoms with Gasteiger partial charge < -0.3 is 14.4 Å². The number of carbonyl (C=O) groups excluding carboxylic acids is 2. The number of ether oxygens (including phenoxy) is 2. The number of fused-ring (bicyclic) bond motifs is 1. The summed E-state index contributed by atoms with van der Waals surface area (Å²) in [6.45, 7) is 5.85. The molecule has 2 aromatic rings. The lowest BCUT2D eigenvalue weighted by atomic mass is 9.71. The third kappa shape index (κ3) is 12.4. The molecule has 0 fully saturated rings. The Balaban J connectivity index is 1.76. The maximum atomic E-state index is 13.7. The number of aryl methyl sites for hydroxylation is 1. The van der Waals surface area contributed by atoms with E-state index in [4.69, 9.17) is 9.47 Å². The van der Waals surface area contributed by atoms with Gasteiger partial charge in [-0.15, -0.1) is 0 Å². The zero-order valence-corrected chi connectivity index (χ0v) is 33.0. The molecule has 0 spiro atoms. The van der Waals surface area contributed by atoms with Crippen molar-refractivity contribution in [1.29, 1.82) is 0 Å². The van der Waals surface area contributed by atoms with Gasteiger partial charge in [-0.3, -0.25) is 23.7 Å².